The Morgan fingerprint density at radius 1 is 1.09 bits per heavy atom. The van der Waals surface area contributed by atoms with E-state index < -0.39 is 17.7 Å². The van der Waals surface area contributed by atoms with E-state index in [2.05, 4.69) is 10.3 Å². The summed E-state index contributed by atoms with van der Waals surface area (Å²) >= 11 is 0. The summed E-state index contributed by atoms with van der Waals surface area (Å²) in [4.78, 5) is 37.1. The van der Waals surface area contributed by atoms with Crippen LogP contribution in [-0.2, 0) is 9.59 Å². The van der Waals surface area contributed by atoms with Crippen molar-refractivity contribution < 1.29 is 24.6 Å². The van der Waals surface area contributed by atoms with Gasteiger partial charge in [-0.2, -0.15) is 0 Å². The highest BCUT2D eigenvalue weighted by molar-refractivity contribution is 6.45. The Labute approximate surface area is 132 Å². The smallest absolute Gasteiger partial charge is 0.303 e. The Morgan fingerprint density at radius 2 is 1.83 bits per heavy atom. The number of benzene rings is 1. The number of carbonyl (C=O) groups excluding carboxylic acids is 2. The van der Waals surface area contributed by atoms with Gasteiger partial charge < -0.3 is 20.5 Å². The first-order chi connectivity index (χ1) is 11.0. The number of fused-ring (bicyclic) bond motifs is 1. The Hall–Kier alpha value is -2.83. The zero-order valence-electron chi connectivity index (χ0n) is 12.5. The first-order valence-corrected chi connectivity index (χ1v) is 7.34. The fourth-order valence-electron chi connectivity index (χ4n) is 2.33. The first-order valence-electron chi connectivity index (χ1n) is 7.34. The number of aromatic nitrogens is 1. The molecule has 1 aromatic heterocycles. The number of Topliss-reactive ketones (excluding diaryl/α,β-unsaturated/α-hetero) is 1. The molecule has 0 spiro atoms. The topological polar surface area (TPSA) is 119 Å². The second-order valence-corrected chi connectivity index (χ2v) is 5.18. The molecule has 0 aliphatic carbocycles. The van der Waals surface area contributed by atoms with Gasteiger partial charge in [0, 0.05) is 23.9 Å². The average Bonchev–Trinajstić information content (AvgIpc) is 2.85. The predicted molar refractivity (Wildman–Crippen MR) is 83.4 cm³/mol. The molecule has 23 heavy (non-hydrogen) atoms. The van der Waals surface area contributed by atoms with E-state index in [0.29, 0.717) is 30.2 Å². The van der Waals surface area contributed by atoms with Crippen LogP contribution in [0.3, 0.4) is 0 Å². The molecule has 0 radical (unpaired) electrons. The standard InChI is InChI=1S/C16H18N2O5/c19-12(20)8-2-1-5-9-17-16(23)14(21)13-10-6-3-4-7-11(10)18-15(13)22/h3-4,6-7,18,22H,1-2,5,8-9H2,(H,17,23)(H,19,20). The molecule has 122 valence electrons. The lowest BCUT2D eigenvalue weighted by Gasteiger charge is -2.04. The minimum absolute atomic E-state index is 0.0380. The van der Waals surface area contributed by atoms with Crippen LogP contribution >= 0.6 is 0 Å². The highest BCUT2D eigenvalue weighted by atomic mass is 16.4. The van der Waals surface area contributed by atoms with Crippen molar-refractivity contribution in [1.29, 1.82) is 0 Å². The molecular weight excluding hydrogens is 300 g/mol. The van der Waals surface area contributed by atoms with Gasteiger partial charge >= 0.3 is 5.97 Å². The molecule has 7 heteroatoms. The summed E-state index contributed by atoms with van der Waals surface area (Å²) in [5, 5.41) is 21.3. The average molecular weight is 318 g/mol. The lowest BCUT2D eigenvalue weighted by Crippen LogP contribution is -2.31. The number of rotatable bonds is 8. The van der Waals surface area contributed by atoms with Gasteiger partial charge in [-0.3, -0.25) is 14.4 Å². The number of H-pyrrole nitrogens is 1. The molecule has 0 atom stereocenters. The van der Waals surface area contributed by atoms with Crippen LogP contribution in [-0.4, -0.2) is 39.4 Å². The van der Waals surface area contributed by atoms with Gasteiger partial charge in [-0.15, -0.1) is 0 Å². The van der Waals surface area contributed by atoms with Crippen LogP contribution in [0.4, 0.5) is 0 Å². The number of aromatic hydroxyl groups is 1. The zero-order valence-corrected chi connectivity index (χ0v) is 12.5. The van der Waals surface area contributed by atoms with E-state index in [4.69, 9.17) is 5.11 Å². The molecule has 1 heterocycles. The number of carbonyl (C=O) groups is 3. The summed E-state index contributed by atoms with van der Waals surface area (Å²) in [6.45, 7) is 0.285. The number of carboxylic acids is 1. The van der Waals surface area contributed by atoms with Gasteiger partial charge in [-0.25, -0.2) is 0 Å². The van der Waals surface area contributed by atoms with Gasteiger partial charge in [0.15, 0.2) is 0 Å². The molecule has 4 N–H and O–H groups in total. The van der Waals surface area contributed by atoms with Crippen LogP contribution in [0.5, 0.6) is 5.88 Å². The van der Waals surface area contributed by atoms with Gasteiger partial charge in [0.1, 0.15) is 0 Å². The van der Waals surface area contributed by atoms with Crippen molar-refractivity contribution in [2.45, 2.75) is 25.7 Å². The molecule has 2 rings (SSSR count). The fourth-order valence-corrected chi connectivity index (χ4v) is 2.33. The van der Waals surface area contributed by atoms with Gasteiger partial charge in [0.25, 0.3) is 11.7 Å². The normalized spacial score (nSPS) is 10.6. The summed E-state index contributed by atoms with van der Waals surface area (Å²) < 4.78 is 0. The number of aromatic amines is 1. The molecule has 1 aromatic carbocycles. The predicted octanol–water partition coefficient (Wildman–Crippen LogP) is 1.82. The second-order valence-electron chi connectivity index (χ2n) is 5.18. The summed E-state index contributed by atoms with van der Waals surface area (Å²) in [6, 6.07) is 6.82. The van der Waals surface area contributed by atoms with E-state index in [0.717, 1.165) is 0 Å². The minimum Gasteiger partial charge on any atom is -0.494 e. The maximum absolute atomic E-state index is 12.2. The minimum atomic E-state index is -0.848. The third kappa shape index (κ3) is 4.09. The monoisotopic (exact) mass is 318 g/mol. The molecule has 0 saturated heterocycles. The largest absolute Gasteiger partial charge is 0.494 e. The molecular formula is C16H18N2O5. The number of nitrogens with one attached hydrogen (secondary N) is 2. The fraction of sp³-hybridized carbons (Fsp3) is 0.312. The summed E-state index contributed by atoms with van der Waals surface area (Å²) in [5.74, 6) is -2.76. The van der Waals surface area contributed by atoms with Crippen LogP contribution < -0.4 is 5.32 Å². The molecule has 2 aromatic rings. The molecule has 0 fully saturated rings. The number of aliphatic carboxylic acids is 1. The molecule has 7 nitrogen and oxygen atoms in total. The van der Waals surface area contributed by atoms with Crippen molar-refractivity contribution >= 4 is 28.6 Å². The Kier molecular flexibility index (Phi) is 5.35. The van der Waals surface area contributed by atoms with Gasteiger partial charge in [-0.1, -0.05) is 24.6 Å². The Bertz CT molecular complexity index is 735. The Morgan fingerprint density at radius 3 is 2.57 bits per heavy atom. The maximum atomic E-state index is 12.2. The summed E-state index contributed by atoms with van der Waals surface area (Å²) in [5.41, 5.74) is 0.541. The van der Waals surface area contributed by atoms with Crippen molar-refractivity contribution in [3.63, 3.8) is 0 Å². The van der Waals surface area contributed by atoms with Gasteiger partial charge in [-0.05, 0) is 18.9 Å². The van der Waals surface area contributed by atoms with Crippen LogP contribution in [0.15, 0.2) is 24.3 Å². The first kappa shape index (κ1) is 16.5. The molecule has 0 aliphatic heterocycles. The van der Waals surface area contributed by atoms with E-state index in [9.17, 15) is 19.5 Å². The van der Waals surface area contributed by atoms with Crippen LogP contribution in [0.2, 0.25) is 0 Å². The summed E-state index contributed by atoms with van der Waals surface area (Å²) in [6.07, 6.45) is 1.86. The van der Waals surface area contributed by atoms with Gasteiger partial charge in [0.05, 0.1) is 5.56 Å². The summed E-state index contributed by atoms with van der Waals surface area (Å²) in [7, 11) is 0. The number of unbranched alkanes of at least 4 members (excludes halogenated alkanes) is 2. The number of para-hydroxylation sites is 1. The number of amides is 1. The van der Waals surface area contributed by atoms with E-state index >= 15 is 0 Å². The Balaban J connectivity index is 1.91. The lowest BCUT2D eigenvalue weighted by atomic mass is 10.1. The highest BCUT2D eigenvalue weighted by Gasteiger charge is 2.23. The van der Waals surface area contributed by atoms with E-state index in [1.165, 1.54) is 0 Å². The second kappa shape index (κ2) is 7.44. The number of hydrogen-bond acceptors (Lipinski definition) is 4. The maximum Gasteiger partial charge on any atom is 0.303 e. The van der Waals surface area contributed by atoms with Crippen LogP contribution in [0.25, 0.3) is 10.9 Å². The lowest BCUT2D eigenvalue weighted by molar-refractivity contribution is -0.137. The number of hydrogen-bond donors (Lipinski definition) is 4. The van der Waals surface area contributed by atoms with E-state index in [-0.39, 0.29) is 24.4 Å². The van der Waals surface area contributed by atoms with Crippen molar-refractivity contribution in [2.75, 3.05) is 6.54 Å². The molecule has 0 unspecified atom stereocenters. The molecule has 0 saturated carbocycles. The zero-order chi connectivity index (χ0) is 16.8. The van der Waals surface area contributed by atoms with Crippen LogP contribution in [0.1, 0.15) is 36.0 Å². The quantitative estimate of drug-likeness (QED) is 0.336. The van der Waals surface area contributed by atoms with Crippen molar-refractivity contribution in [3.05, 3.63) is 29.8 Å². The molecule has 0 bridgehead atoms. The van der Waals surface area contributed by atoms with Crippen LogP contribution in [0, 0.1) is 0 Å². The third-order valence-electron chi connectivity index (χ3n) is 3.47. The van der Waals surface area contributed by atoms with E-state index in [1.807, 2.05) is 0 Å². The number of carboxylic acid groups (broad SMARTS) is 1. The van der Waals surface area contributed by atoms with Crippen molar-refractivity contribution in [3.8, 4) is 5.88 Å². The SMILES string of the molecule is O=C(O)CCCCCNC(=O)C(=O)c1c(O)[nH]c2ccccc12. The van der Waals surface area contributed by atoms with Gasteiger partial charge in [0.2, 0.25) is 5.88 Å². The number of ketones is 1. The molecule has 1 amide bonds. The third-order valence-corrected chi connectivity index (χ3v) is 3.47. The van der Waals surface area contributed by atoms with Crippen molar-refractivity contribution in [1.82, 2.24) is 10.3 Å². The van der Waals surface area contributed by atoms with E-state index in [1.54, 1.807) is 24.3 Å². The highest BCUT2D eigenvalue weighted by Crippen LogP contribution is 2.27. The van der Waals surface area contributed by atoms with Crippen molar-refractivity contribution in [2.24, 2.45) is 0 Å². The molecule has 0 aliphatic rings.